The lowest BCUT2D eigenvalue weighted by molar-refractivity contribution is -0.0384. The van der Waals surface area contributed by atoms with Crippen molar-refractivity contribution in [3.63, 3.8) is 0 Å². The molecule has 0 aliphatic carbocycles. The van der Waals surface area contributed by atoms with Crippen LogP contribution in [0.3, 0.4) is 0 Å². The van der Waals surface area contributed by atoms with E-state index in [0.717, 1.165) is 6.42 Å². The van der Waals surface area contributed by atoms with Crippen LogP contribution in [-0.4, -0.2) is 11.3 Å². The first-order valence-corrected chi connectivity index (χ1v) is 4.70. The molecule has 0 aromatic carbocycles. The molecule has 0 N–H and O–H groups in total. The predicted molar refractivity (Wildman–Crippen MR) is 51.2 cm³/mol. The van der Waals surface area contributed by atoms with Crippen LogP contribution in [0.25, 0.3) is 0 Å². The normalized spacial score (nSPS) is 29.4. The molecule has 0 bridgehead atoms. The quantitative estimate of drug-likeness (QED) is 0.623. The van der Waals surface area contributed by atoms with E-state index in [0.29, 0.717) is 11.8 Å². The van der Waals surface area contributed by atoms with Crippen LogP contribution in [0.4, 0.5) is 0 Å². The van der Waals surface area contributed by atoms with Gasteiger partial charge in [0.05, 0.1) is 5.71 Å². The van der Waals surface area contributed by atoms with Crippen LogP contribution in [-0.2, 0) is 4.84 Å². The van der Waals surface area contributed by atoms with Crippen molar-refractivity contribution in [3.05, 3.63) is 0 Å². The molecule has 0 aromatic heterocycles. The highest BCUT2D eigenvalue weighted by Gasteiger charge is 2.37. The van der Waals surface area contributed by atoms with E-state index in [1.807, 2.05) is 0 Å². The SMILES string of the molecule is CC(C)C1=NOC(C)(C(C)C)C1. The van der Waals surface area contributed by atoms with Crippen molar-refractivity contribution in [1.29, 1.82) is 0 Å². The van der Waals surface area contributed by atoms with Gasteiger partial charge in [-0.15, -0.1) is 0 Å². The van der Waals surface area contributed by atoms with E-state index in [9.17, 15) is 0 Å². The summed E-state index contributed by atoms with van der Waals surface area (Å²) in [5.41, 5.74) is 1.14. The Hall–Kier alpha value is -0.530. The fraction of sp³-hybridized carbons (Fsp3) is 0.900. The average Bonchev–Trinajstić information content (AvgIpc) is 2.33. The molecule has 1 unspecified atom stereocenters. The van der Waals surface area contributed by atoms with Crippen LogP contribution in [0.1, 0.15) is 41.0 Å². The lowest BCUT2D eigenvalue weighted by atomic mass is 9.85. The number of hydrogen-bond donors (Lipinski definition) is 0. The Balaban J connectivity index is 2.62. The summed E-state index contributed by atoms with van der Waals surface area (Å²) in [7, 11) is 0. The molecule has 2 nitrogen and oxygen atoms in total. The van der Waals surface area contributed by atoms with Crippen LogP contribution in [0, 0.1) is 11.8 Å². The monoisotopic (exact) mass is 169 g/mol. The maximum atomic E-state index is 5.46. The van der Waals surface area contributed by atoms with Gasteiger partial charge in [-0.1, -0.05) is 32.9 Å². The zero-order valence-corrected chi connectivity index (χ0v) is 8.72. The van der Waals surface area contributed by atoms with Crippen molar-refractivity contribution in [2.75, 3.05) is 0 Å². The van der Waals surface area contributed by atoms with Crippen LogP contribution >= 0.6 is 0 Å². The first-order valence-electron chi connectivity index (χ1n) is 4.70. The summed E-state index contributed by atoms with van der Waals surface area (Å²) in [4.78, 5) is 5.46. The lowest BCUT2D eigenvalue weighted by Gasteiger charge is -2.25. The van der Waals surface area contributed by atoms with Crippen molar-refractivity contribution >= 4 is 5.71 Å². The minimum atomic E-state index is -0.0559. The van der Waals surface area contributed by atoms with E-state index in [1.165, 1.54) is 5.71 Å². The Bertz CT molecular complexity index is 196. The molecule has 0 fully saturated rings. The van der Waals surface area contributed by atoms with Crippen molar-refractivity contribution in [3.8, 4) is 0 Å². The molecule has 0 saturated heterocycles. The van der Waals surface area contributed by atoms with Gasteiger partial charge in [0.1, 0.15) is 5.60 Å². The number of rotatable bonds is 2. The second-order valence-corrected chi connectivity index (χ2v) is 4.47. The lowest BCUT2D eigenvalue weighted by Crippen LogP contribution is -2.31. The van der Waals surface area contributed by atoms with Crippen LogP contribution < -0.4 is 0 Å². The highest BCUT2D eigenvalue weighted by atomic mass is 16.7. The van der Waals surface area contributed by atoms with Crippen molar-refractivity contribution in [2.45, 2.75) is 46.6 Å². The molecule has 1 rings (SSSR count). The number of oxime groups is 1. The molecule has 0 radical (unpaired) electrons. The number of nitrogens with zero attached hydrogens (tertiary/aromatic N) is 1. The first kappa shape index (κ1) is 9.56. The van der Waals surface area contributed by atoms with E-state index >= 15 is 0 Å². The first-order chi connectivity index (χ1) is 5.46. The molecular formula is C10H19NO. The van der Waals surface area contributed by atoms with Gasteiger partial charge in [0.25, 0.3) is 0 Å². The summed E-state index contributed by atoms with van der Waals surface area (Å²) in [6.45, 7) is 10.8. The summed E-state index contributed by atoms with van der Waals surface area (Å²) >= 11 is 0. The molecule has 0 saturated carbocycles. The predicted octanol–water partition coefficient (Wildman–Crippen LogP) is 2.83. The second-order valence-electron chi connectivity index (χ2n) is 4.47. The molecule has 1 aliphatic heterocycles. The van der Waals surface area contributed by atoms with Gasteiger partial charge in [-0.2, -0.15) is 0 Å². The van der Waals surface area contributed by atoms with Crippen LogP contribution in [0.15, 0.2) is 5.16 Å². The van der Waals surface area contributed by atoms with E-state index in [4.69, 9.17) is 4.84 Å². The third-order valence-electron chi connectivity index (χ3n) is 2.79. The van der Waals surface area contributed by atoms with Gasteiger partial charge in [0, 0.05) is 6.42 Å². The zero-order valence-electron chi connectivity index (χ0n) is 8.72. The third-order valence-corrected chi connectivity index (χ3v) is 2.79. The molecule has 1 heterocycles. The molecule has 0 spiro atoms. The fourth-order valence-electron chi connectivity index (χ4n) is 1.21. The summed E-state index contributed by atoms with van der Waals surface area (Å²) < 4.78 is 0. The van der Waals surface area contributed by atoms with Gasteiger partial charge in [-0.05, 0) is 18.8 Å². The van der Waals surface area contributed by atoms with E-state index in [2.05, 4.69) is 39.8 Å². The van der Waals surface area contributed by atoms with Gasteiger partial charge in [-0.25, -0.2) is 0 Å². The third kappa shape index (κ3) is 1.62. The fourth-order valence-corrected chi connectivity index (χ4v) is 1.21. The second kappa shape index (κ2) is 3.08. The maximum Gasteiger partial charge on any atom is 0.142 e. The van der Waals surface area contributed by atoms with Gasteiger partial charge >= 0.3 is 0 Å². The smallest absolute Gasteiger partial charge is 0.142 e. The average molecular weight is 169 g/mol. The van der Waals surface area contributed by atoms with E-state index in [1.54, 1.807) is 0 Å². The number of hydrogen-bond acceptors (Lipinski definition) is 2. The highest BCUT2D eigenvalue weighted by molar-refractivity contribution is 5.87. The molecule has 70 valence electrons. The van der Waals surface area contributed by atoms with Gasteiger partial charge in [0.15, 0.2) is 0 Å². The van der Waals surface area contributed by atoms with Crippen molar-refractivity contribution in [1.82, 2.24) is 0 Å². The van der Waals surface area contributed by atoms with E-state index < -0.39 is 0 Å². The standard InChI is InChI=1S/C10H19NO/c1-7(2)9-6-10(5,8(3)4)12-11-9/h7-8H,6H2,1-5H3. The van der Waals surface area contributed by atoms with Gasteiger partial charge in [-0.3, -0.25) is 0 Å². The Kier molecular flexibility index (Phi) is 2.45. The Morgan fingerprint density at radius 1 is 1.33 bits per heavy atom. The van der Waals surface area contributed by atoms with Gasteiger partial charge < -0.3 is 4.84 Å². The summed E-state index contributed by atoms with van der Waals surface area (Å²) in [5, 5.41) is 4.13. The summed E-state index contributed by atoms with van der Waals surface area (Å²) in [6.07, 6.45) is 0.988. The highest BCUT2D eigenvalue weighted by Crippen LogP contribution is 2.32. The molecule has 1 aliphatic rings. The topological polar surface area (TPSA) is 21.6 Å². The summed E-state index contributed by atoms with van der Waals surface area (Å²) in [5.74, 6) is 1.04. The van der Waals surface area contributed by atoms with E-state index in [-0.39, 0.29) is 5.60 Å². The molecule has 0 aromatic rings. The Morgan fingerprint density at radius 2 is 1.92 bits per heavy atom. The minimum absolute atomic E-state index is 0.0559. The largest absolute Gasteiger partial charge is 0.389 e. The molecule has 1 atom stereocenters. The van der Waals surface area contributed by atoms with Crippen LogP contribution in [0.2, 0.25) is 0 Å². The minimum Gasteiger partial charge on any atom is -0.389 e. The molecule has 2 heteroatoms. The summed E-state index contributed by atoms with van der Waals surface area (Å²) in [6, 6.07) is 0. The van der Waals surface area contributed by atoms with Crippen LogP contribution in [0.5, 0.6) is 0 Å². The zero-order chi connectivity index (χ0) is 9.35. The molecular weight excluding hydrogens is 150 g/mol. The Labute approximate surface area is 75.0 Å². The molecule has 0 amide bonds. The molecule has 12 heavy (non-hydrogen) atoms. The van der Waals surface area contributed by atoms with Crippen molar-refractivity contribution in [2.24, 2.45) is 17.0 Å². The maximum absolute atomic E-state index is 5.46. The van der Waals surface area contributed by atoms with Gasteiger partial charge in [0.2, 0.25) is 0 Å². The Morgan fingerprint density at radius 3 is 2.17 bits per heavy atom. The van der Waals surface area contributed by atoms with Crippen molar-refractivity contribution < 1.29 is 4.84 Å².